The second-order valence-electron chi connectivity index (χ2n) is 4.61. The van der Waals surface area contributed by atoms with Crippen molar-refractivity contribution in [3.8, 4) is 5.75 Å². The van der Waals surface area contributed by atoms with E-state index in [0.717, 1.165) is 25.2 Å². The number of hydrogen-bond acceptors (Lipinski definition) is 4. The summed E-state index contributed by atoms with van der Waals surface area (Å²) in [7, 11) is -3.06. The monoisotopic (exact) mass is 270 g/mol. The van der Waals surface area contributed by atoms with Gasteiger partial charge < -0.3 is 5.11 Å². The van der Waals surface area contributed by atoms with E-state index in [9.17, 15) is 13.5 Å². The van der Waals surface area contributed by atoms with Gasteiger partial charge in [-0.25, -0.2) is 8.42 Å². The van der Waals surface area contributed by atoms with Crippen LogP contribution in [0.15, 0.2) is 24.3 Å². The lowest BCUT2D eigenvalue weighted by Crippen LogP contribution is -2.47. The number of piperazine rings is 1. The molecule has 18 heavy (non-hydrogen) atoms. The number of rotatable bonds is 3. The van der Waals surface area contributed by atoms with Crippen LogP contribution < -0.4 is 0 Å². The predicted octanol–water partition coefficient (Wildman–Crippen LogP) is 0.469. The van der Waals surface area contributed by atoms with Gasteiger partial charge in [0.2, 0.25) is 10.0 Å². The molecule has 0 atom stereocenters. The molecule has 1 saturated heterocycles. The molecule has 0 aliphatic carbocycles. The first-order valence-corrected chi connectivity index (χ1v) is 7.75. The molecule has 0 amide bonds. The van der Waals surface area contributed by atoms with Crippen LogP contribution in [0.5, 0.6) is 5.75 Å². The maximum Gasteiger partial charge on any atom is 0.211 e. The van der Waals surface area contributed by atoms with Gasteiger partial charge in [0.15, 0.2) is 0 Å². The van der Waals surface area contributed by atoms with E-state index in [1.165, 1.54) is 10.6 Å². The molecule has 0 bridgehead atoms. The Labute approximate surface area is 108 Å². The number of nitrogens with zero attached hydrogens (tertiary/aromatic N) is 2. The summed E-state index contributed by atoms with van der Waals surface area (Å²) in [6, 6.07) is 7.16. The molecule has 1 heterocycles. The number of benzene rings is 1. The molecule has 1 aromatic rings. The van der Waals surface area contributed by atoms with Crippen molar-refractivity contribution in [1.82, 2.24) is 9.21 Å². The van der Waals surface area contributed by atoms with Crippen molar-refractivity contribution in [1.29, 1.82) is 0 Å². The lowest BCUT2D eigenvalue weighted by atomic mass is 10.2. The number of aromatic hydroxyl groups is 1. The van der Waals surface area contributed by atoms with E-state index in [2.05, 4.69) is 4.90 Å². The lowest BCUT2D eigenvalue weighted by molar-refractivity contribution is 0.182. The third-order valence-electron chi connectivity index (χ3n) is 3.12. The van der Waals surface area contributed by atoms with Crippen LogP contribution >= 0.6 is 0 Å². The van der Waals surface area contributed by atoms with Crippen LogP contribution in [0.1, 0.15) is 5.56 Å². The Morgan fingerprint density at radius 3 is 2.44 bits per heavy atom. The molecular weight excluding hydrogens is 252 g/mol. The van der Waals surface area contributed by atoms with E-state index in [0.29, 0.717) is 13.1 Å². The lowest BCUT2D eigenvalue weighted by Gasteiger charge is -2.33. The minimum absolute atomic E-state index is 0.266. The highest BCUT2D eigenvalue weighted by Crippen LogP contribution is 2.14. The Morgan fingerprint density at radius 1 is 1.22 bits per heavy atom. The minimum atomic E-state index is -3.06. The van der Waals surface area contributed by atoms with Crippen LogP contribution in [0, 0.1) is 0 Å². The Balaban J connectivity index is 1.91. The zero-order valence-electron chi connectivity index (χ0n) is 10.4. The highest BCUT2D eigenvalue weighted by atomic mass is 32.2. The molecule has 1 fully saturated rings. The maximum atomic E-state index is 11.4. The summed E-state index contributed by atoms with van der Waals surface area (Å²) in [5.74, 6) is 0.266. The topological polar surface area (TPSA) is 60.9 Å². The van der Waals surface area contributed by atoms with Crippen LogP contribution in [0.3, 0.4) is 0 Å². The van der Waals surface area contributed by atoms with Crippen LogP contribution in [-0.4, -0.2) is 55.2 Å². The van der Waals surface area contributed by atoms with Gasteiger partial charge in [-0.1, -0.05) is 12.1 Å². The van der Waals surface area contributed by atoms with Gasteiger partial charge in [-0.05, 0) is 17.7 Å². The fourth-order valence-electron chi connectivity index (χ4n) is 2.13. The van der Waals surface area contributed by atoms with Gasteiger partial charge >= 0.3 is 0 Å². The molecular formula is C12H18N2O3S. The van der Waals surface area contributed by atoms with Crippen molar-refractivity contribution < 1.29 is 13.5 Å². The largest absolute Gasteiger partial charge is 0.508 e. The smallest absolute Gasteiger partial charge is 0.211 e. The molecule has 0 unspecified atom stereocenters. The minimum Gasteiger partial charge on any atom is -0.508 e. The fraction of sp³-hybridized carbons (Fsp3) is 0.500. The van der Waals surface area contributed by atoms with Crippen LogP contribution in [0.25, 0.3) is 0 Å². The molecule has 6 heteroatoms. The second-order valence-corrected chi connectivity index (χ2v) is 6.59. The Hall–Kier alpha value is -1.11. The molecule has 5 nitrogen and oxygen atoms in total. The van der Waals surface area contributed by atoms with Crippen molar-refractivity contribution >= 4 is 10.0 Å². The zero-order valence-corrected chi connectivity index (χ0v) is 11.2. The Kier molecular flexibility index (Phi) is 3.89. The summed E-state index contributed by atoms with van der Waals surface area (Å²) in [5, 5.41) is 9.39. The van der Waals surface area contributed by atoms with E-state index < -0.39 is 10.0 Å². The molecule has 1 N–H and O–H groups in total. The third kappa shape index (κ3) is 3.44. The van der Waals surface area contributed by atoms with Gasteiger partial charge in [0, 0.05) is 32.7 Å². The van der Waals surface area contributed by atoms with E-state index in [4.69, 9.17) is 0 Å². The van der Waals surface area contributed by atoms with E-state index in [-0.39, 0.29) is 5.75 Å². The van der Waals surface area contributed by atoms with Crippen molar-refractivity contribution in [2.75, 3.05) is 32.4 Å². The van der Waals surface area contributed by atoms with Crippen molar-refractivity contribution in [2.24, 2.45) is 0 Å². The van der Waals surface area contributed by atoms with Gasteiger partial charge in [-0.2, -0.15) is 4.31 Å². The number of phenols is 1. The molecule has 1 aliphatic heterocycles. The quantitative estimate of drug-likeness (QED) is 0.867. The summed E-state index contributed by atoms with van der Waals surface area (Å²) in [5.41, 5.74) is 1.04. The summed E-state index contributed by atoms with van der Waals surface area (Å²) < 4.78 is 24.2. The van der Waals surface area contributed by atoms with Crippen LogP contribution in [-0.2, 0) is 16.6 Å². The highest BCUT2D eigenvalue weighted by Gasteiger charge is 2.23. The Bertz CT molecular complexity index is 508. The third-order valence-corrected chi connectivity index (χ3v) is 4.42. The summed E-state index contributed by atoms with van der Waals surface area (Å²) >= 11 is 0. The second kappa shape index (κ2) is 5.26. The molecule has 0 aromatic heterocycles. The normalized spacial score (nSPS) is 18.9. The Morgan fingerprint density at radius 2 is 1.89 bits per heavy atom. The summed E-state index contributed by atoms with van der Waals surface area (Å²) in [6.07, 6.45) is 1.25. The first-order chi connectivity index (χ1) is 8.45. The molecule has 0 spiro atoms. The van der Waals surface area contributed by atoms with E-state index in [1.54, 1.807) is 12.1 Å². The van der Waals surface area contributed by atoms with Gasteiger partial charge in [-0.15, -0.1) is 0 Å². The van der Waals surface area contributed by atoms with Crippen molar-refractivity contribution in [2.45, 2.75) is 6.54 Å². The summed E-state index contributed by atoms with van der Waals surface area (Å²) in [6.45, 7) is 3.27. The van der Waals surface area contributed by atoms with E-state index in [1.807, 2.05) is 12.1 Å². The first-order valence-electron chi connectivity index (χ1n) is 5.90. The molecule has 0 saturated carbocycles. The van der Waals surface area contributed by atoms with Crippen LogP contribution in [0.2, 0.25) is 0 Å². The van der Waals surface area contributed by atoms with Gasteiger partial charge in [0.25, 0.3) is 0 Å². The molecule has 100 valence electrons. The average molecular weight is 270 g/mol. The first kappa shape index (κ1) is 13.3. The molecule has 1 aromatic carbocycles. The molecule has 1 aliphatic rings. The predicted molar refractivity (Wildman–Crippen MR) is 69.8 cm³/mol. The highest BCUT2D eigenvalue weighted by molar-refractivity contribution is 7.88. The van der Waals surface area contributed by atoms with Crippen LogP contribution in [0.4, 0.5) is 0 Å². The fourth-order valence-corrected chi connectivity index (χ4v) is 2.96. The molecule has 2 rings (SSSR count). The summed E-state index contributed by atoms with van der Waals surface area (Å²) in [4.78, 5) is 2.19. The standard InChI is InChI=1S/C12H18N2O3S/c1-18(16,17)14-7-5-13(6-8-14)10-11-3-2-4-12(15)9-11/h2-4,9,15H,5-8,10H2,1H3. The number of sulfonamides is 1. The number of phenolic OH excluding ortho intramolecular Hbond substituents is 1. The van der Waals surface area contributed by atoms with Crippen molar-refractivity contribution in [3.05, 3.63) is 29.8 Å². The maximum absolute atomic E-state index is 11.4. The number of hydrogen-bond donors (Lipinski definition) is 1. The molecule has 0 radical (unpaired) electrons. The van der Waals surface area contributed by atoms with E-state index >= 15 is 0 Å². The van der Waals surface area contributed by atoms with Gasteiger partial charge in [-0.3, -0.25) is 4.90 Å². The average Bonchev–Trinajstić information content (AvgIpc) is 2.28. The van der Waals surface area contributed by atoms with Crippen molar-refractivity contribution in [3.63, 3.8) is 0 Å². The zero-order chi connectivity index (χ0) is 13.2. The van der Waals surface area contributed by atoms with Gasteiger partial charge in [0.1, 0.15) is 5.75 Å². The van der Waals surface area contributed by atoms with Gasteiger partial charge in [0.05, 0.1) is 6.26 Å². The SMILES string of the molecule is CS(=O)(=O)N1CCN(Cc2cccc(O)c2)CC1.